The molecule has 0 radical (unpaired) electrons. The first-order valence-corrected chi connectivity index (χ1v) is 9.33. The van der Waals surface area contributed by atoms with Crippen molar-refractivity contribution in [2.45, 2.75) is 25.0 Å². The van der Waals surface area contributed by atoms with E-state index in [9.17, 15) is 14.4 Å². The number of rotatable bonds is 4. The van der Waals surface area contributed by atoms with E-state index in [1.165, 1.54) is 0 Å². The molecule has 2 aliphatic heterocycles. The maximum Gasteiger partial charge on any atom is 0.366 e. The van der Waals surface area contributed by atoms with Gasteiger partial charge in [-0.2, -0.15) is 0 Å². The monoisotopic (exact) mass is 396 g/mol. The molecule has 1 amide bonds. The van der Waals surface area contributed by atoms with Crippen LogP contribution in [0.1, 0.15) is 19.4 Å². The van der Waals surface area contributed by atoms with Crippen molar-refractivity contribution in [3.05, 3.63) is 54.1 Å². The third-order valence-corrected chi connectivity index (χ3v) is 5.05. The zero-order valence-electron chi connectivity index (χ0n) is 16.0. The third kappa shape index (κ3) is 2.41. The lowest BCUT2D eigenvalue weighted by atomic mass is 9.73. The van der Waals surface area contributed by atoms with Crippen LogP contribution in [0.3, 0.4) is 0 Å². The maximum absolute atomic E-state index is 13.4. The van der Waals surface area contributed by atoms with Crippen LogP contribution in [0.4, 0.5) is 11.4 Å². The van der Waals surface area contributed by atoms with Gasteiger partial charge in [0.05, 0.1) is 18.9 Å². The zero-order chi connectivity index (χ0) is 20.6. The second kappa shape index (κ2) is 6.80. The number of benzene rings is 2. The fraction of sp³-hybridized carbons (Fsp3) is 0.286. The van der Waals surface area contributed by atoms with Gasteiger partial charge in [0, 0.05) is 11.3 Å². The number of hydrogen-bond acceptors (Lipinski definition) is 7. The Morgan fingerprint density at radius 2 is 1.52 bits per heavy atom. The van der Waals surface area contributed by atoms with Gasteiger partial charge in [0.1, 0.15) is 5.75 Å². The van der Waals surface area contributed by atoms with Gasteiger partial charge >= 0.3 is 17.5 Å². The Hall–Kier alpha value is -3.55. The third-order valence-electron chi connectivity index (χ3n) is 5.05. The molecule has 0 bridgehead atoms. The summed E-state index contributed by atoms with van der Waals surface area (Å²) in [6, 6.07) is 13.5. The molecule has 8 heteroatoms. The number of amides is 1. The summed E-state index contributed by atoms with van der Waals surface area (Å²) in [7, 11) is 0. The minimum atomic E-state index is -2.41. The van der Waals surface area contributed by atoms with E-state index in [1.54, 1.807) is 62.4 Å². The fourth-order valence-corrected chi connectivity index (χ4v) is 3.86. The lowest BCUT2D eigenvalue weighted by Gasteiger charge is -2.46. The normalized spacial score (nSPS) is 20.6. The molecule has 2 aromatic carbocycles. The number of nitrogens with one attached hydrogen (secondary N) is 2. The van der Waals surface area contributed by atoms with E-state index in [4.69, 9.17) is 14.2 Å². The summed E-state index contributed by atoms with van der Waals surface area (Å²) in [4.78, 5) is 40.0. The Kier molecular flexibility index (Phi) is 4.41. The van der Waals surface area contributed by atoms with Gasteiger partial charge in [-0.3, -0.25) is 4.79 Å². The molecule has 1 atom stereocenters. The van der Waals surface area contributed by atoms with Crippen molar-refractivity contribution in [2.75, 3.05) is 23.8 Å². The Bertz CT molecular complexity index is 986. The molecular formula is C21H20N2O6. The fourth-order valence-electron chi connectivity index (χ4n) is 3.86. The van der Waals surface area contributed by atoms with Gasteiger partial charge < -0.3 is 24.8 Å². The van der Waals surface area contributed by atoms with Gasteiger partial charge in [-0.1, -0.05) is 30.3 Å². The van der Waals surface area contributed by atoms with Gasteiger partial charge in [-0.25, -0.2) is 9.59 Å². The number of hydrogen-bond donors (Lipinski definition) is 2. The van der Waals surface area contributed by atoms with E-state index in [1.807, 2.05) is 0 Å². The minimum absolute atomic E-state index is 0.00958. The number of esters is 2. The highest BCUT2D eigenvalue weighted by Gasteiger charge is 2.75. The predicted octanol–water partition coefficient (Wildman–Crippen LogP) is 2.20. The summed E-state index contributed by atoms with van der Waals surface area (Å²) >= 11 is 0. The molecular weight excluding hydrogens is 376 g/mol. The predicted molar refractivity (Wildman–Crippen MR) is 103 cm³/mol. The highest BCUT2D eigenvalue weighted by atomic mass is 16.6. The molecule has 29 heavy (non-hydrogen) atoms. The van der Waals surface area contributed by atoms with Crippen LogP contribution in [0, 0.1) is 0 Å². The molecule has 0 aromatic heterocycles. The first kappa shape index (κ1) is 18.8. The smallest absolute Gasteiger partial charge is 0.366 e. The Balaban J connectivity index is 2.06. The molecule has 0 unspecified atom stereocenters. The first-order valence-electron chi connectivity index (χ1n) is 9.33. The topological polar surface area (TPSA) is 103 Å². The van der Waals surface area contributed by atoms with Crippen molar-refractivity contribution in [1.82, 2.24) is 0 Å². The molecule has 2 heterocycles. The number of para-hydroxylation sites is 3. The summed E-state index contributed by atoms with van der Waals surface area (Å²) in [5.41, 5.74) is -3.00. The molecule has 1 spiro atoms. The highest BCUT2D eigenvalue weighted by Crippen LogP contribution is 2.53. The number of anilines is 2. The van der Waals surface area contributed by atoms with E-state index < -0.39 is 29.0 Å². The summed E-state index contributed by atoms with van der Waals surface area (Å²) in [6.45, 7) is 3.20. The first-order chi connectivity index (χ1) is 14.0. The largest absolute Gasteiger partial charge is 0.462 e. The van der Waals surface area contributed by atoms with E-state index in [0.29, 0.717) is 16.9 Å². The summed E-state index contributed by atoms with van der Waals surface area (Å²) < 4.78 is 16.5. The van der Waals surface area contributed by atoms with E-state index in [-0.39, 0.29) is 19.0 Å². The van der Waals surface area contributed by atoms with Crippen LogP contribution in [0.25, 0.3) is 0 Å². The molecule has 8 nitrogen and oxygen atoms in total. The lowest BCUT2D eigenvalue weighted by molar-refractivity contribution is -0.189. The van der Waals surface area contributed by atoms with Crippen molar-refractivity contribution >= 4 is 29.2 Å². The second-order valence-electron chi connectivity index (χ2n) is 6.60. The highest BCUT2D eigenvalue weighted by molar-refractivity contribution is 6.20. The molecule has 4 rings (SSSR count). The Morgan fingerprint density at radius 3 is 2.17 bits per heavy atom. The molecule has 0 aliphatic carbocycles. The molecule has 150 valence electrons. The van der Waals surface area contributed by atoms with Crippen LogP contribution in [0.5, 0.6) is 5.75 Å². The molecule has 0 saturated carbocycles. The molecule has 0 fully saturated rings. The van der Waals surface area contributed by atoms with Crippen molar-refractivity contribution in [3.8, 4) is 5.75 Å². The van der Waals surface area contributed by atoms with Crippen LogP contribution in [-0.2, 0) is 29.4 Å². The molecule has 2 aliphatic rings. The van der Waals surface area contributed by atoms with Crippen LogP contribution in [0.2, 0.25) is 0 Å². The van der Waals surface area contributed by atoms with E-state index >= 15 is 0 Å². The SMILES string of the molecule is CCOC(=O)C1(C(=O)OCC)Oc2ccccc2N[C@]12C(=O)Nc1ccccc12. The number of carbonyl (C=O) groups is 3. The lowest BCUT2D eigenvalue weighted by Crippen LogP contribution is -2.73. The summed E-state index contributed by atoms with van der Waals surface area (Å²) in [6.07, 6.45) is 0. The van der Waals surface area contributed by atoms with Crippen LogP contribution >= 0.6 is 0 Å². The zero-order valence-corrected chi connectivity index (χ0v) is 16.0. The number of ether oxygens (including phenoxy) is 3. The van der Waals surface area contributed by atoms with Crippen molar-refractivity contribution in [2.24, 2.45) is 0 Å². The van der Waals surface area contributed by atoms with Gasteiger partial charge in [0.15, 0.2) is 0 Å². The van der Waals surface area contributed by atoms with Crippen LogP contribution in [0.15, 0.2) is 48.5 Å². The second-order valence-corrected chi connectivity index (χ2v) is 6.60. The minimum Gasteiger partial charge on any atom is -0.462 e. The molecule has 2 N–H and O–H groups in total. The average molecular weight is 396 g/mol. The van der Waals surface area contributed by atoms with Gasteiger partial charge in [0.25, 0.3) is 5.91 Å². The maximum atomic E-state index is 13.4. The summed E-state index contributed by atoms with van der Waals surface area (Å²) in [5.74, 6) is -2.40. The van der Waals surface area contributed by atoms with Crippen LogP contribution in [-0.4, -0.2) is 36.7 Å². The van der Waals surface area contributed by atoms with Crippen molar-refractivity contribution in [1.29, 1.82) is 0 Å². The Labute approximate surface area is 167 Å². The molecule has 0 saturated heterocycles. The van der Waals surface area contributed by atoms with Crippen molar-refractivity contribution < 1.29 is 28.6 Å². The quantitative estimate of drug-likeness (QED) is 0.603. The molecule has 2 aromatic rings. The van der Waals surface area contributed by atoms with Crippen molar-refractivity contribution in [3.63, 3.8) is 0 Å². The average Bonchev–Trinajstić information content (AvgIpc) is 3.00. The van der Waals surface area contributed by atoms with E-state index in [2.05, 4.69) is 10.6 Å². The van der Waals surface area contributed by atoms with E-state index in [0.717, 1.165) is 0 Å². The Morgan fingerprint density at radius 1 is 0.931 bits per heavy atom. The number of carbonyl (C=O) groups excluding carboxylic acids is 3. The van der Waals surface area contributed by atoms with Gasteiger partial charge in [-0.15, -0.1) is 0 Å². The summed E-state index contributed by atoms with van der Waals surface area (Å²) in [5, 5.41) is 5.85. The number of fused-ring (bicyclic) bond motifs is 3. The standard InChI is InChI=1S/C21H20N2O6/c1-3-27-18(25)21(19(26)28-4-2)20(23-15-11-7-8-12-16(15)29-21)13-9-5-6-10-14(13)22-17(20)24/h5-12,23H,3-4H2,1-2H3,(H,22,24)/t20-/m1/s1. The van der Waals surface area contributed by atoms with Crippen LogP contribution < -0.4 is 15.4 Å². The van der Waals surface area contributed by atoms with Gasteiger partial charge in [-0.05, 0) is 32.0 Å². The van der Waals surface area contributed by atoms with Gasteiger partial charge in [0.2, 0.25) is 5.54 Å².